The van der Waals surface area contributed by atoms with E-state index in [0.29, 0.717) is 0 Å². The highest BCUT2D eigenvalue weighted by atomic mass is 35.5. The van der Waals surface area contributed by atoms with Crippen LogP contribution in [0.2, 0.25) is 10.0 Å². The van der Waals surface area contributed by atoms with Crippen molar-refractivity contribution >= 4 is 23.2 Å². The lowest BCUT2D eigenvalue weighted by Gasteiger charge is -2.27. The molecule has 0 N–H and O–H groups in total. The fourth-order valence-corrected chi connectivity index (χ4v) is 5.44. The van der Waals surface area contributed by atoms with Gasteiger partial charge in [0.05, 0.1) is 22.2 Å². The van der Waals surface area contributed by atoms with Crippen LogP contribution in [0.15, 0.2) is 18.2 Å². The highest BCUT2D eigenvalue weighted by Crippen LogP contribution is 2.63. The molecule has 0 nitrogen and oxygen atoms in total. The fraction of sp³-hybridized carbons (Fsp3) is 0.562. The van der Waals surface area contributed by atoms with Crippen molar-refractivity contribution in [3.8, 4) is 0 Å². The summed E-state index contributed by atoms with van der Waals surface area (Å²) in [5.41, 5.74) is 1.31. The van der Waals surface area contributed by atoms with Crippen LogP contribution in [-0.2, 0) is 0 Å². The highest BCUT2D eigenvalue weighted by molar-refractivity contribution is 6.34. The first-order valence-electron chi connectivity index (χ1n) is 7.04. The Labute approximate surface area is 119 Å². The molecule has 0 spiro atoms. The summed E-state index contributed by atoms with van der Waals surface area (Å²) in [6.45, 7) is 0. The van der Waals surface area contributed by atoms with Gasteiger partial charge in [-0.15, -0.1) is 0 Å². The van der Waals surface area contributed by atoms with Crippen molar-refractivity contribution in [3.05, 3.63) is 39.7 Å². The first kappa shape index (κ1) is 11.5. The van der Waals surface area contributed by atoms with Gasteiger partial charge in [-0.3, -0.25) is 0 Å². The molecule has 4 atom stereocenters. The van der Waals surface area contributed by atoms with Gasteiger partial charge in [-0.1, -0.05) is 29.6 Å². The summed E-state index contributed by atoms with van der Waals surface area (Å²) in [6.07, 6.45) is 7.10. The smallest absolute Gasteiger partial charge is 0.0682 e. The summed E-state index contributed by atoms with van der Waals surface area (Å²) in [5, 5.41) is 1.55. The normalized spacial score (nSPS) is 37.3. The minimum atomic E-state index is 0.774. The standard InChI is InChI=1S/C16H17Cl2/c17-11-4-9(5-12(18)8-11)15-6-10-7-16(15)14-3-1-2-13(10)14/h4-5,8,10,13-14,16H,1-3,6-7H2/q+1/t10-,13+,14+,16+/m1/s1. The van der Waals surface area contributed by atoms with E-state index in [1.165, 1.54) is 37.7 Å². The van der Waals surface area contributed by atoms with Crippen molar-refractivity contribution in [2.45, 2.75) is 32.1 Å². The van der Waals surface area contributed by atoms with Gasteiger partial charge in [-0.2, -0.15) is 0 Å². The van der Waals surface area contributed by atoms with Crippen LogP contribution in [0.4, 0.5) is 0 Å². The quantitative estimate of drug-likeness (QED) is 0.606. The zero-order chi connectivity index (χ0) is 12.3. The topological polar surface area (TPSA) is 0 Å². The molecule has 0 aliphatic heterocycles. The molecular formula is C16H17Cl2+. The number of fused-ring (bicyclic) bond motifs is 5. The van der Waals surface area contributed by atoms with E-state index >= 15 is 0 Å². The van der Waals surface area contributed by atoms with Crippen LogP contribution < -0.4 is 0 Å². The number of halogens is 2. The van der Waals surface area contributed by atoms with Crippen LogP contribution in [0.3, 0.4) is 0 Å². The Morgan fingerprint density at radius 1 is 1.00 bits per heavy atom. The molecule has 3 saturated carbocycles. The monoisotopic (exact) mass is 279 g/mol. The Morgan fingerprint density at radius 3 is 2.50 bits per heavy atom. The van der Waals surface area contributed by atoms with Crippen molar-refractivity contribution < 1.29 is 0 Å². The summed E-state index contributed by atoms with van der Waals surface area (Å²) in [7, 11) is 0. The van der Waals surface area contributed by atoms with E-state index in [0.717, 1.165) is 33.7 Å². The van der Waals surface area contributed by atoms with Crippen LogP contribution in [-0.4, -0.2) is 0 Å². The second-order valence-electron chi connectivity index (χ2n) is 6.25. The molecule has 0 aromatic heterocycles. The molecule has 94 valence electrons. The molecule has 4 rings (SSSR count). The van der Waals surface area contributed by atoms with Gasteiger partial charge in [0.1, 0.15) is 5.56 Å². The molecule has 0 saturated heterocycles. The van der Waals surface area contributed by atoms with Crippen LogP contribution in [0.25, 0.3) is 0 Å². The Kier molecular flexibility index (Phi) is 2.61. The van der Waals surface area contributed by atoms with Crippen LogP contribution >= 0.6 is 23.2 Å². The van der Waals surface area contributed by atoms with E-state index in [2.05, 4.69) is 12.1 Å². The first-order valence-corrected chi connectivity index (χ1v) is 7.80. The second-order valence-corrected chi connectivity index (χ2v) is 7.12. The van der Waals surface area contributed by atoms with E-state index in [-0.39, 0.29) is 0 Å². The predicted octanol–water partition coefficient (Wildman–Crippen LogP) is 5.37. The largest absolute Gasteiger partial charge is 0.136 e. The summed E-state index contributed by atoms with van der Waals surface area (Å²) < 4.78 is 0. The number of rotatable bonds is 1. The SMILES string of the molecule is Clc1cc(Cl)cc([C+]2C[C@@H]3C[C@H]2[C@H]2CCC[C@@H]32)c1. The average molecular weight is 280 g/mol. The zero-order valence-electron chi connectivity index (χ0n) is 10.3. The van der Waals surface area contributed by atoms with Gasteiger partial charge in [0, 0.05) is 24.3 Å². The molecular weight excluding hydrogens is 263 g/mol. The highest BCUT2D eigenvalue weighted by Gasteiger charge is 2.57. The molecule has 3 aliphatic rings. The number of hydrogen-bond donors (Lipinski definition) is 0. The zero-order valence-corrected chi connectivity index (χ0v) is 11.8. The van der Waals surface area contributed by atoms with Crippen molar-refractivity contribution in [2.75, 3.05) is 0 Å². The summed E-state index contributed by atoms with van der Waals surface area (Å²) in [6, 6.07) is 6.04. The Morgan fingerprint density at radius 2 is 1.72 bits per heavy atom. The molecule has 1 aromatic rings. The molecule has 0 amide bonds. The molecule has 2 bridgehead atoms. The summed E-state index contributed by atoms with van der Waals surface area (Å²) >= 11 is 12.3. The minimum absolute atomic E-state index is 0.774. The van der Waals surface area contributed by atoms with Crippen molar-refractivity contribution in [2.24, 2.45) is 23.7 Å². The maximum Gasteiger partial charge on any atom is 0.136 e. The second kappa shape index (κ2) is 4.08. The van der Waals surface area contributed by atoms with Crippen molar-refractivity contribution in [3.63, 3.8) is 0 Å². The molecule has 0 heterocycles. The fourth-order valence-electron chi connectivity index (χ4n) is 4.92. The van der Waals surface area contributed by atoms with E-state index in [4.69, 9.17) is 23.2 Å². The number of hydrogen-bond acceptors (Lipinski definition) is 0. The number of benzene rings is 1. The third kappa shape index (κ3) is 1.62. The van der Waals surface area contributed by atoms with Crippen molar-refractivity contribution in [1.82, 2.24) is 0 Å². The summed E-state index contributed by atoms with van der Waals surface area (Å²) in [4.78, 5) is 0. The van der Waals surface area contributed by atoms with Gasteiger partial charge >= 0.3 is 0 Å². The van der Waals surface area contributed by atoms with E-state index in [1.54, 1.807) is 5.92 Å². The van der Waals surface area contributed by atoms with E-state index in [1.807, 2.05) is 6.07 Å². The Hall–Kier alpha value is -0.330. The lowest BCUT2D eigenvalue weighted by molar-refractivity contribution is 0.285. The predicted molar refractivity (Wildman–Crippen MR) is 75.9 cm³/mol. The Bertz CT molecular complexity index is 462. The Balaban J connectivity index is 1.67. The van der Waals surface area contributed by atoms with Gasteiger partial charge in [-0.25, -0.2) is 0 Å². The maximum atomic E-state index is 6.14. The van der Waals surface area contributed by atoms with Crippen LogP contribution in [0.5, 0.6) is 0 Å². The average Bonchev–Trinajstić information content (AvgIpc) is 3.00. The molecule has 0 unspecified atom stereocenters. The van der Waals surface area contributed by atoms with E-state index < -0.39 is 0 Å². The molecule has 3 aliphatic carbocycles. The minimum Gasteiger partial charge on any atom is -0.0682 e. The van der Waals surface area contributed by atoms with Gasteiger partial charge < -0.3 is 0 Å². The molecule has 0 radical (unpaired) electrons. The van der Waals surface area contributed by atoms with Crippen LogP contribution in [0.1, 0.15) is 37.7 Å². The maximum absolute atomic E-state index is 6.14. The van der Waals surface area contributed by atoms with Gasteiger partial charge in [-0.05, 0) is 37.0 Å². The molecule has 2 heteroatoms. The van der Waals surface area contributed by atoms with Gasteiger partial charge in [0.25, 0.3) is 0 Å². The van der Waals surface area contributed by atoms with Crippen molar-refractivity contribution in [1.29, 1.82) is 0 Å². The molecule has 3 fully saturated rings. The van der Waals surface area contributed by atoms with Crippen LogP contribution in [0, 0.1) is 29.6 Å². The van der Waals surface area contributed by atoms with Gasteiger partial charge in [0.2, 0.25) is 0 Å². The molecule has 1 aromatic carbocycles. The third-order valence-corrected chi connectivity index (χ3v) is 5.90. The van der Waals surface area contributed by atoms with E-state index in [9.17, 15) is 0 Å². The molecule has 18 heavy (non-hydrogen) atoms. The third-order valence-electron chi connectivity index (χ3n) is 5.47. The lowest BCUT2D eigenvalue weighted by Crippen LogP contribution is -2.23. The first-order chi connectivity index (χ1) is 8.72. The van der Waals surface area contributed by atoms with Gasteiger partial charge in [0.15, 0.2) is 0 Å². The lowest BCUT2D eigenvalue weighted by atomic mass is 9.73. The summed E-state index contributed by atoms with van der Waals surface area (Å²) in [5.74, 6) is 5.43.